The molecule has 5 rings (SSSR count). The first-order valence-electron chi connectivity index (χ1n) is 14.7. The predicted molar refractivity (Wildman–Crippen MR) is 176 cm³/mol. The van der Waals surface area contributed by atoms with Crippen molar-refractivity contribution in [3.05, 3.63) is 81.1 Å². The number of hydrogen-bond acceptors (Lipinski definition) is 6. The number of fused-ring (bicyclic) bond motifs is 1. The molecule has 4 aromatic rings. The summed E-state index contributed by atoms with van der Waals surface area (Å²) in [5, 5.41) is 8.37. The normalized spacial score (nSPS) is 18.3. The summed E-state index contributed by atoms with van der Waals surface area (Å²) in [5.74, 6) is 0.941. The molecule has 1 aliphatic heterocycles. The molecule has 0 saturated carbocycles. The van der Waals surface area contributed by atoms with Crippen LogP contribution in [-0.4, -0.2) is 50.0 Å². The summed E-state index contributed by atoms with van der Waals surface area (Å²) in [5.41, 5.74) is 15.1. The van der Waals surface area contributed by atoms with Crippen molar-refractivity contribution in [2.45, 2.75) is 57.5 Å². The van der Waals surface area contributed by atoms with Gasteiger partial charge in [0.25, 0.3) is 0 Å². The average Bonchev–Trinajstić information content (AvgIpc) is 3.37. The summed E-state index contributed by atoms with van der Waals surface area (Å²) in [6.45, 7) is 2.98. The minimum absolute atomic E-state index is 0.0597. The highest BCUT2D eigenvalue weighted by Gasteiger charge is 2.27. The third-order valence-corrected chi connectivity index (χ3v) is 9.36. The Balaban J connectivity index is 1.36. The molecule has 0 bridgehead atoms. The van der Waals surface area contributed by atoms with Crippen LogP contribution in [0.5, 0.6) is 0 Å². The van der Waals surface area contributed by atoms with Crippen molar-refractivity contribution in [3.8, 4) is 16.9 Å². The lowest BCUT2D eigenvalue weighted by Crippen LogP contribution is -2.34. The quantitative estimate of drug-likeness (QED) is 0.122. The number of halogens is 2. The highest BCUT2D eigenvalue weighted by atomic mass is 35.5. The standard InChI is InChI=1S/C32H39ClFN7OS/c1-19(35)4-3-5-21-14-25(29(34)26(33)15-21)27-17-23-18-41(32(42)39-30(23)38-27)24-8-6-22(7-9-24)28-16-20(10-12-40(28)2)11-13-43-31(36)37/h6-9,14-15,17-20,28H,3-5,10-13,16,35H2,1-2H3,(H3,36,37)(H,38,39,42)/t19-,20-,28+/m0/s1. The first-order valence-corrected chi connectivity index (χ1v) is 16.1. The topological polar surface area (TPSA) is 130 Å². The van der Waals surface area contributed by atoms with Gasteiger partial charge in [0.15, 0.2) is 11.0 Å². The maximum absolute atomic E-state index is 15.1. The first kappa shape index (κ1) is 31.3. The van der Waals surface area contributed by atoms with E-state index in [1.807, 2.05) is 19.1 Å². The van der Waals surface area contributed by atoms with Crippen LogP contribution in [0, 0.1) is 17.1 Å². The third-order valence-electron chi connectivity index (χ3n) is 8.33. The van der Waals surface area contributed by atoms with Crippen LogP contribution in [0.25, 0.3) is 28.0 Å². The zero-order valence-corrected chi connectivity index (χ0v) is 26.1. The number of aryl methyl sites for hydroxylation is 1. The summed E-state index contributed by atoms with van der Waals surface area (Å²) >= 11 is 7.67. The van der Waals surface area contributed by atoms with Crippen LogP contribution in [0.3, 0.4) is 0 Å². The number of benzene rings is 2. The number of H-pyrrole nitrogens is 1. The molecule has 43 heavy (non-hydrogen) atoms. The second kappa shape index (κ2) is 13.6. The van der Waals surface area contributed by atoms with Crippen molar-refractivity contribution in [3.63, 3.8) is 0 Å². The molecule has 1 fully saturated rings. The molecule has 0 amide bonds. The molecule has 11 heteroatoms. The SMILES string of the molecule is C[C@H](N)CCCc1cc(Cl)c(F)c(-c2cc3cn(-c4ccc([C@H]5C[C@H](CCSC(=N)N)CCN5C)cc4)c(=O)nc3[nH]2)c1. The number of hydrogen-bond donors (Lipinski definition) is 4. The van der Waals surface area contributed by atoms with Crippen LogP contribution in [0.1, 0.15) is 56.2 Å². The molecule has 0 spiro atoms. The van der Waals surface area contributed by atoms with Crippen molar-refractivity contribution >= 4 is 39.6 Å². The van der Waals surface area contributed by atoms with Crippen molar-refractivity contribution in [2.24, 2.45) is 17.4 Å². The molecule has 3 heterocycles. The fourth-order valence-electron chi connectivity index (χ4n) is 5.94. The van der Waals surface area contributed by atoms with Crippen LogP contribution >= 0.6 is 23.4 Å². The average molecular weight is 624 g/mol. The van der Waals surface area contributed by atoms with E-state index in [4.69, 9.17) is 28.5 Å². The molecule has 1 saturated heterocycles. The number of rotatable bonds is 10. The smallest absolute Gasteiger partial charge is 0.354 e. The highest BCUT2D eigenvalue weighted by Crippen LogP contribution is 2.36. The Labute approximate surface area is 260 Å². The summed E-state index contributed by atoms with van der Waals surface area (Å²) in [4.78, 5) is 22.8. The minimum Gasteiger partial charge on any atom is -0.379 e. The van der Waals surface area contributed by atoms with Crippen LogP contribution in [0.4, 0.5) is 4.39 Å². The van der Waals surface area contributed by atoms with Gasteiger partial charge in [-0.25, -0.2) is 9.18 Å². The van der Waals surface area contributed by atoms with Gasteiger partial charge in [-0.05, 0) is 106 Å². The fraction of sp³-hybridized carbons (Fsp3) is 0.406. The maximum atomic E-state index is 15.1. The van der Waals surface area contributed by atoms with Gasteiger partial charge in [-0.1, -0.05) is 35.5 Å². The molecule has 0 unspecified atom stereocenters. The number of thioether (sulfide) groups is 1. The first-order chi connectivity index (χ1) is 20.6. The maximum Gasteiger partial charge on any atom is 0.354 e. The lowest BCUT2D eigenvalue weighted by molar-refractivity contribution is 0.140. The molecule has 1 aliphatic rings. The Morgan fingerprint density at radius 1 is 1.28 bits per heavy atom. The minimum atomic E-state index is -0.512. The van der Waals surface area contributed by atoms with Crippen molar-refractivity contribution in [1.82, 2.24) is 19.4 Å². The number of likely N-dealkylation sites (tertiary alicyclic amines) is 1. The number of nitrogens with zero attached hydrogens (tertiary/aromatic N) is 3. The Bertz CT molecular complexity index is 1650. The van der Waals surface area contributed by atoms with Crippen LogP contribution < -0.4 is 17.2 Å². The molecule has 6 N–H and O–H groups in total. The molecule has 0 radical (unpaired) electrons. The van der Waals surface area contributed by atoms with Gasteiger partial charge in [-0.3, -0.25) is 14.9 Å². The summed E-state index contributed by atoms with van der Waals surface area (Å²) in [6, 6.07) is 13.7. The Hall–Kier alpha value is -3.18. The zero-order valence-electron chi connectivity index (χ0n) is 24.6. The number of aromatic amines is 1. The number of nitrogens with two attached hydrogens (primary N) is 2. The van der Waals surface area contributed by atoms with Gasteiger partial charge in [-0.15, -0.1) is 0 Å². The third kappa shape index (κ3) is 7.49. The summed E-state index contributed by atoms with van der Waals surface area (Å²) < 4.78 is 16.6. The Kier molecular flexibility index (Phi) is 9.91. The predicted octanol–water partition coefficient (Wildman–Crippen LogP) is 6.24. The van der Waals surface area contributed by atoms with Gasteiger partial charge in [0.1, 0.15) is 5.65 Å². The van der Waals surface area contributed by atoms with E-state index in [0.717, 1.165) is 56.4 Å². The van der Waals surface area contributed by atoms with Crippen LogP contribution in [0.15, 0.2) is 53.5 Å². The summed E-state index contributed by atoms with van der Waals surface area (Å²) in [7, 11) is 2.15. The number of nitrogens with one attached hydrogen (secondary N) is 2. The van der Waals surface area contributed by atoms with E-state index < -0.39 is 11.5 Å². The van der Waals surface area contributed by atoms with E-state index in [1.165, 1.54) is 21.9 Å². The molecule has 0 aliphatic carbocycles. The largest absolute Gasteiger partial charge is 0.379 e. The van der Waals surface area contributed by atoms with Gasteiger partial charge in [-0.2, -0.15) is 4.98 Å². The second-order valence-electron chi connectivity index (χ2n) is 11.7. The Morgan fingerprint density at radius 2 is 2.05 bits per heavy atom. The molecule has 2 aromatic heterocycles. The molecule has 3 atom stereocenters. The zero-order chi connectivity index (χ0) is 30.7. The molecular weight excluding hydrogens is 585 g/mol. The fourth-order valence-corrected chi connectivity index (χ4v) is 6.85. The van der Waals surface area contributed by atoms with E-state index in [1.54, 1.807) is 24.4 Å². The van der Waals surface area contributed by atoms with Crippen molar-refractivity contribution in [2.75, 3.05) is 19.3 Å². The second-order valence-corrected chi connectivity index (χ2v) is 13.2. The number of amidine groups is 1. The summed E-state index contributed by atoms with van der Waals surface area (Å²) in [6.07, 6.45) is 7.45. The highest BCUT2D eigenvalue weighted by molar-refractivity contribution is 8.13. The van der Waals surface area contributed by atoms with Crippen molar-refractivity contribution in [1.29, 1.82) is 5.41 Å². The lowest BCUT2D eigenvalue weighted by Gasteiger charge is -2.37. The number of aromatic nitrogens is 3. The van der Waals surface area contributed by atoms with Gasteiger partial charge in [0, 0.05) is 35.0 Å². The molecule has 2 aromatic carbocycles. The van der Waals surface area contributed by atoms with Crippen LogP contribution in [-0.2, 0) is 6.42 Å². The van der Waals surface area contributed by atoms with Crippen molar-refractivity contribution < 1.29 is 4.39 Å². The molecular formula is C32H39ClFN7OS. The van der Waals surface area contributed by atoms with Crippen LogP contribution in [0.2, 0.25) is 5.02 Å². The van der Waals surface area contributed by atoms with E-state index in [2.05, 4.69) is 34.0 Å². The van der Waals surface area contributed by atoms with E-state index >= 15 is 4.39 Å². The van der Waals surface area contributed by atoms with Gasteiger partial charge < -0.3 is 16.5 Å². The molecule has 8 nitrogen and oxygen atoms in total. The number of piperidine rings is 1. The lowest BCUT2D eigenvalue weighted by atomic mass is 9.86. The van der Waals surface area contributed by atoms with E-state index in [9.17, 15) is 4.79 Å². The van der Waals surface area contributed by atoms with Gasteiger partial charge in [0.2, 0.25) is 0 Å². The molecule has 228 valence electrons. The Morgan fingerprint density at radius 3 is 2.77 bits per heavy atom. The monoisotopic (exact) mass is 623 g/mol. The van der Waals surface area contributed by atoms with E-state index in [-0.39, 0.29) is 22.3 Å². The van der Waals surface area contributed by atoms with E-state index in [0.29, 0.717) is 33.9 Å². The van der Waals surface area contributed by atoms with Gasteiger partial charge in [0.05, 0.1) is 16.4 Å². The van der Waals surface area contributed by atoms with Gasteiger partial charge >= 0.3 is 5.69 Å².